The number of nitrogens with zero attached hydrogens (tertiary/aromatic N) is 6. The van der Waals surface area contributed by atoms with E-state index >= 15 is 0 Å². The Kier molecular flexibility index (Phi) is 4.25. The number of hydrogen-bond donors (Lipinski definition) is 1. The maximum absolute atomic E-state index is 5.38. The maximum atomic E-state index is 5.38. The summed E-state index contributed by atoms with van der Waals surface area (Å²) in [5.74, 6) is 1.84. The van der Waals surface area contributed by atoms with Crippen molar-refractivity contribution in [2.75, 3.05) is 43.1 Å². The molecule has 1 aliphatic rings. The molecule has 0 unspecified atom stereocenters. The Morgan fingerprint density at radius 2 is 2.00 bits per heavy atom. The summed E-state index contributed by atoms with van der Waals surface area (Å²) >= 11 is 0. The first kappa shape index (κ1) is 13.7. The topological polar surface area (TPSA) is 81.0 Å². The molecule has 0 bridgehead atoms. The molecule has 0 spiro atoms. The van der Waals surface area contributed by atoms with E-state index in [1.54, 1.807) is 17.1 Å². The summed E-state index contributed by atoms with van der Waals surface area (Å²) in [6.07, 6.45) is 6.22. The minimum atomic E-state index is 0.572. The molecule has 2 aromatic heterocycles. The summed E-state index contributed by atoms with van der Waals surface area (Å²) in [6, 6.07) is 0. The first-order chi connectivity index (χ1) is 10.4. The minimum absolute atomic E-state index is 0.572. The molecule has 1 saturated heterocycles. The van der Waals surface area contributed by atoms with E-state index in [1.165, 1.54) is 0 Å². The van der Waals surface area contributed by atoms with Crippen LogP contribution < -0.4 is 10.2 Å². The van der Waals surface area contributed by atoms with Gasteiger partial charge in [0.05, 0.1) is 13.2 Å². The molecule has 3 heterocycles. The summed E-state index contributed by atoms with van der Waals surface area (Å²) in [4.78, 5) is 19.6. The smallest absolute Gasteiger partial charge is 0.241 e. The highest BCUT2D eigenvalue weighted by molar-refractivity contribution is 5.40. The van der Waals surface area contributed by atoms with Crippen LogP contribution >= 0.6 is 0 Å². The Morgan fingerprint density at radius 1 is 1.19 bits per heavy atom. The van der Waals surface area contributed by atoms with Gasteiger partial charge in [-0.2, -0.15) is 15.0 Å². The zero-order chi connectivity index (χ0) is 14.5. The van der Waals surface area contributed by atoms with Crippen LogP contribution in [0.1, 0.15) is 13.3 Å². The van der Waals surface area contributed by atoms with Crippen LogP contribution in [0.5, 0.6) is 0 Å². The number of hydrogen-bond acceptors (Lipinski definition) is 7. The van der Waals surface area contributed by atoms with Gasteiger partial charge in [0, 0.05) is 32.0 Å². The van der Waals surface area contributed by atoms with Crippen molar-refractivity contribution in [3.05, 3.63) is 18.7 Å². The summed E-state index contributed by atoms with van der Waals surface area (Å²) in [7, 11) is 0. The lowest BCUT2D eigenvalue weighted by Gasteiger charge is -2.27. The van der Waals surface area contributed by atoms with Crippen LogP contribution in [-0.2, 0) is 4.74 Å². The van der Waals surface area contributed by atoms with Crippen molar-refractivity contribution < 1.29 is 4.74 Å². The molecular weight excluding hydrogens is 270 g/mol. The molecule has 3 rings (SSSR count). The molecule has 112 valence electrons. The number of nitrogens with one attached hydrogen (secondary N) is 1. The highest BCUT2D eigenvalue weighted by atomic mass is 16.5. The van der Waals surface area contributed by atoms with Crippen LogP contribution in [0.25, 0.3) is 5.95 Å². The van der Waals surface area contributed by atoms with E-state index < -0.39 is 0 Å². The van der Waals surface area contributed by atoms with Gasteiger partial charge < -0.3 is 15.0 Å². The Labute approximate surface area is 123 Å². The molecule has 0 saturated carbocycles. The second-order valence-corrected chi connectivity index (χ2v) is 4.76. The van der Waals surface area contributed by atoms with Crippen molar-refractivity contribution >= 4 is 11.9 Å². The van der Waals surface area contributed by atoms with Crippen LogP contribution in [0.3, 0.4) is 0 Å². The molecule has 0 radical (unpaired) electrons. The van der Waals surface area contributed by atoms with Crippen molar-refractivity contribution in [2.45, 2.75) is 13.3 Å². The van der Waals surface area contributed by atoms with Crippen molar-refractivity contribution in [2.24, 2.45) is 0 Å². The average Bonchev–Trinajstić information content (AvgIpc) is 3.08. The van der Waals surface area contributed by atoms with Gasteiger partial charge in [-0.25, -0.2) is 4.98 Å². The van der Waals surface area contributed by atoms with Gasteiger partial charge in [-0.15, -0.1) is 0 Å². The predicted octanol–water partition coefficient (Wildman–Crippen LogP) is 0.716. The van der Waals surface area contributed by atoms with Crippen LogP contribution in [0.2, 0.25) is 0 Å². The zero-order valence-corrected chi connectivity index (χ0v) is 12.1. The van der Waals surface area contributed by atoms with Crippen molar-refractivity contribution in [3.63, 3.8) is 0 Å². The lowest BCUT2D eigenvalue weighted by Crippen LogP contribution is -2.37. The number of anilines is 2. The standard InChI is InChI=1S/C13H19N7O/c1-2-3-15-11-16-12(19-6-8-21-9-7-19)18-13(17-11)20-5-4-14-10-20/h4-5,10H,2-3,6-9H2,1H3,(H,15,16,17,18). The third-order valence-electron chi connectivity index (χ3n) is 3.17. The fourth-order valence-corrected chi connectivity index (χ4v) is 2.07. The summed E-state index contributed by atoms with van der Waals surface area (Å²) in [6.45, 7) is 5.92. The van der Waals surface area contributed by atoms with Gasteiger partial charge in [0.2, 0.25) is 17.8 Å². The van der Waals surface area contributed by atoms with E-state index in [9.17, 15) is 0 Å². The monoisotopic (exact) mass is 289 g/mol. The molecule has 1 N–H and O–H groups in total. The summed E-state index contributed by atoms with van der Waals surface area (Å²) < 4.78 is 7.16. The molecule has 8 heteroatoms. The summed E-state index contributed by atoms with van der Waals surface area (Å²) in [5.41, 5.74) is 0. The minimum Gasteiger partial charge on any atom is -0.378 e. The predicted molar refractivity (Wildman–Crippen MR) is 78.8 cm³/mol. The van der Waals surface area contributed by atoms with Gasteiger partial charge in [-0.3, -0.25) is 4.57 Å². The largest absolute Gasteiger partial charge is 0.378 e. The number of imidazole rings is 1. The van der Waals surface area contributed by atoms with Crippen LogP contribution in [0.4, 0.5) is 11.9 Å². The third-order valence-corrected chi connectivity index (χ3v) is 3.17. The Balaban J connectivity index is 1.92. The molecule has 21 heavy (non-hydrogen) atoms. The molecular formula is C13H19N7O. The number of ether oxygens (including phenoxy) is 1. The SMILES string of the molecule is CCCNc1nc(N2CCOCC2)nc(-n2ccnc2)n1. The number of aromatic nitrogens is 5. The Bertz CT molecular complexity index is 566. The highest BCUT2D eigenvalue weighted by Crippen LogP contribution is 2.14. The first-order valence-corrected chi connectivity index (χ1v) is 7.18. The molecule has 2 aromatic rings. The fraction of sp³-hybridized carbons (Fsp3) is 0.538. The highest BCUT2D eigenvalue weighted by Gasteiger charge is 2.17. The molecule has 1 fully saturated rings. The average molecular weight is 289 g/mol. The van der Waals surface area contributed by atoms with Crippen LogP contribution in [-0.4, -0.2) is 57.4 Å². The van der Waals surface area contributed by atoms with Gasteiger partial charge in [0.15, 0.2) is 0 Å². The number of morpholine rings is 1. The van der Waals surface area contributed by atoms with Gasteiger partial charge in [0.25, 0.3) is 0 Å². The molecule has 1 aliphatic heterocycles. The lowest BCUT2D eigenvalue weighted by atomic mass is 10.4. The van der Waals surface area contributed by atoms with Gasteiger partial charge in [-0.1, -0.05) is 6.92 Å². The fourth-order valence-electron chi connectivity index (χ4n) is 2.07. The Morgan fingerprint density at radius 3 is 2.71 bits per heavy atom. The second kappa shape index (κ2) is 6.49. The maximum Gasteiger partial charge on any atom is 0.241 e. The van der Waals surface area contributed by atoms with Crippen molar-refractivity contribution in [1.29, 1.82) is 0 Å². The third kappa shape index (κ3) is 3.27. The van der Waals surface area contributed by atoms with Crippen molar-refractivity contribution in [1.82, 2.24) is 24.5 Å². The molecule has 0 aliphatic carbocycles. The van der Waals surface area contributed by atoms with Gasteiger partial charge in [-0.05, 0) is 6.42 Å². The Hall–Kier alpha value is -2.22. The quantitative estimate of drug-likeness (QED) is 0.868. The van der Waals surface area contributed by atoms with Crippen LogP contribution in [0, 0.1) is 0 Å². The van der Waals surface area contributed by atoms with Gasteiger partial charge in [0.1, 0.15) is 6.33 Å². The molecule has 0 amide bonds. The van der Waals surface area contributed by atoms with E-state index in [1.807, 2.05) is 6.20 Å². The molecule has 0 atom stereocenters. The number of rotatable bonds is 5. The molecule has 0 aromatic carbocycles. The normalized spacial score (nSPS) is 15.2. The lowest BCUT2D eigenvalue weighted by molar-refractivity contribution is 0.122. The van der Waals surface area contributed by atoms with E-state index in [0.717, 1.165) is 26.1 Å². The zero-order valence-electron chi connectivity index (χ0n) is 12.1. The first-order valence-electron chi connectivity index (χ1n) is 7.18. The van der Waals surface area contributed by atoms with E-state index in [4.69, 9.17) is 4.74 Å². The summed E-state index contributed by atoms with van der Waals surface area (Å²) in [5, 5.41) is 3.22. The van der Waals surface area contributed by atoms with E-state index in [-0.39, 0.29) is 0 Å². The second-order valence-electron chi connectivity index (χ2n) is 4.76. The van der Waals surface area contributed by atoms with Crippen molar-refractivity contribution in [3.8, 4) is 5.95 Å². The van der Waals surface area contributed by atoms with Crippen LogP contribution in [0.15, 0.2) is 18.7 Å². The van der Waals surface area contributed by atoms with E-state index in [0.29, 0.717) is 31.1 Å². The molecule has 8 nitrogen and oxygen atoms in total. The van der Waals surface area contributed by atoms with Gasteiger partial charge >= 0.3 is 0 Å². The van der Waals surface area contributed by atoms with E-state index in [2.05, 4.69) is 37.1 Å².